The van der Waals surface area contributed by atoms with E-state index in [1.54, 1.807) is 6.07 Å². The van der Waals surface area contributed by atoms with Crippen molar-refractivity contribution in [1.82, 2.24) is 0 Å². The van der Waals surface area contributed by atoms with Gasteiger partial charge >= 0.3 is 0 Å². The van der Waals surface area contributed by atoms with Gasteiger partial charge in [0.2, 0.25) is 0 Å². The fraction of sp³-hybridized carbons (Fsp3) is 0.333. The molecule has 3 heteroatoms. The fourth-order valence-corrected chi connectivity index (χ4v) is 3.00. The van der Waals surface area contributed by atoms with Gasteiger partial charge in [-0.3, -0.25) is 0 Å². The van der Waals surface area contributed by atoms with Crippen LogP contribution in [0.3, 0.4) is 0 Å². The van der Waals surface area contributed by atoms with Crippen molar-refractivity contribution in [2.75, 3.05) is 0 Å². The van der Waals surface area contributed by atoms with E-state index in [-0.39, 0.29) is 18.0 Å². The Kier molecular flexibility index (Phi) is 3.46. The van der Waals surface area contributed by atoms with E-state index in [9.17, 15) is 4.39 Å². The molecule has 0 radical (unpaired) electrons. The van der Waals surface area contributed by atoms with Gasteiger partial charge in [0.25, 0.3) is 0 Å². The van der Waals surface area contributed by atoms with Crippen molar-refractivity contribution in [3.63, 3.8) is 0 Å². The van der Waals surface area contributed by atoms with Gasteiger partial charge in [-0.1, -0.05) is 12.1 Å². The Labute approximate surface area is 124 Å². The Morgan fingerprint density at radius 3 is 2.48 bits per heavy atom. The number of halogens is 1. The van der Waals surface area contributed by atoms with E-state index < -0.39 is 0 Å². The van der Waals surface area contributed by atoms with Crippen LogP contribution in [0.4, 0.5) is 4.39 Å². The monoisotopic (exact) mass is 285 g/mol. The van der Waals surface area contributed by atoms with Crippen molar-refractivity contribution in [2.45, 2.75) is 39.3 Å². The third-order valence-corrected chi connectivity index (χ3v) is 4.34. The molecule has 0 aliphatic carbocycles. The molecule has 0 fully saturated rings. The summed E-state index contributed by atoms with van der Waals surface area (Å²) in [5.41, 5.74) is 11.9. The summed E-state index contributed by atoms with van der Waals surface area (Å²) in [5.74, 6) is 0.423. The third kappa shape index (κ3) is 2.54. The molecule has 1 aliphatic rings. The molecule has 0 spiro atoms. The molecule has 1 unspecified atom stereocenters. The first-order valence-electron chi connectivity index (χ1n) is 7.25. The molecule has 3 rings (SSSR count). The molecule has 21 heavy (non-hydrogen) atoms. The van der Waals surface area contributed by atoms with Gasteiger partial charge in [0.15, 0.2) is 0 Å². The molecule has 2 aromatic rings. The summed E-state index contributed by atoms with van der Waals surface area (Å²) in [6.07, 6.45) is 0.594. The number of ether oxygens (including phenoxy) is 1. The minimum Gasteiger partial charge on any atom is -0.485 e. The maximum absolute atomic E-state index is 13.3. The molecule has 0 amide bonds. The normalized spacial score (nSPS) is 20.8. The molecule has 0 saturated heterocycles. The highest BCUT2D eigenvalue weighted by Crippen LogP contribution is 2.41. The maximum Gasteiger partial charge on any atom is 0.126 e. The van der Waals surface area contributed by atoms with Crippen molar-refractivity contribution in [1.29, 1.82) is 0 Å². The first-order valence-corrected chi connectivity index (χ1v) is 7.25. The van der Waals surface area contributed by atoms with Gasteiger partial charge < -0.3 is 10.5 Å². The van der Waals surface area contributed by atoms with E-state index in [2.05, 4.69) is 32.9 Å². The highest BCUT2D eigenvalue weighted by atomic mass is 19.1. The molecule has 2 nitrogen and oxygen atoms in total. The zero-order chi connectivity index (χ0) is 15.1. The van der Waals surface area contributed by atoms with Crippen LogP contribution in [0.1, 0.15) is 46.4 Å². The van der Waals surface area contributed by atoms with E-state index in [0.717, 1.165) is 5.56 Å². The molecule has 2 N–H and O–H groups in total. The zero-order valence-electron chi connectivity index (χ0n) is 12.6. The van der Waals surface area contributed by atoms with Crippen LogP contribution in [0.2, 0.25) is 0 Å². The predicted molar refractivity (Wildman–Crippen MR) is 82.0 cm³/mol. The van der Waals surface area contributed by atoms with Crippen LogP contribution >= 0.6 is 0 Å². The maximum atomic E-state index is 13.3. The summed E-state index contributed by atoms with van der Waals surface area (Å²) >= 11 is 0. The predicted octanol–water partition coefficient (Wildman–Crippen LogP) is 4.27. The van der Waals surface area contributed by atoms with Gasteiger partial charge in [-0.05, 0) is 61.2 Å². The van der Waals surface area contributed by atoms with Gasteiger partial charge in [0, 0.05) is 18.0 Å². The molecule has 110 valence electrons. The Bertz CT molecular complexity index is 696. The van der Waals surface area contributed by atoms with E-state index in [4.69, 9.17) is 10.5 Å². The number of hydrogen-bond acceptors (Lipinski definition) is 2. The van der Waals surface area contributed by atoms with Crippen LogP contribution in [0, 0.1) is 26.6 Å². The first kappa shape index (κ1) is 14.1. The highest BCUT2D eigenvalue weighted by Gasteiger charge is 2.28. The lowest BCUT2D eigenvalue weighted by molar-refractivity contribution is 0.160. The first-order chi connectivity index (χ1) is 9.95. The summed E-state index contributed by atoms with van der Waals surface area (Å²) in [5, 5.41) is 0. The second-order valence-electron chi connectivity index (χ2n) is 5.92. The standard InChI is InChI=1S/C18H20FNO/c1-10-6-12(3)14(7-11(10)2)18-9-16(20)15-8-13(19)4-5-17(15)21-18/h4-8,16,18H,9,20H2,1-3H3/t16-,18?/m0/s1. The van der Waals surface area contributed by atoms with Crippen LogP contribution < -0.4 is 10.5 Å². The third-order valence-electron chi connectivity index (χ3n) is 4.34. The average Bonchev–Trinajstić information content (AvgIpc) is 2.43. The lowest BCUT2D eigenvalue weighted by atomic mass is 9.90. The zero-order valence-corrected chi connectivity index (χ0v) is 12.6. The topological polar surface area (TPSA) is 35.2 Å². The van der Waals surface area contributed by atoms with Crippen molar-refractivity contribution in [3.8, 4) is 5.75 Å². The lowest BCUT2D eigenvalue weighted by Gasteiger charge is -2.31. The largest absolute Gasteiger partial charge is 0.485 e. The molecular formula is C18H20FNO. The second-order valence-corrected chi connectivity index (χ2v) is 5.92. The van der Waals surface area contributed by atoms with Gasteiger partial charge in [-0.25, -0.2) is 4.39 Å². The molecule has 2 atom stereocenters. The lowest BCUT2D eigenvalue weighted by Crippen LogP contribution is -2.25. The van der Waals surface area contributed by atoms with Gasteiger partial charge in [0.1, 0.15) is 17.7 Å². The molecule has 1 aliphatic heterocycles. The van der Waals surface area contributed by atoms with Crippen molar-refractivity contribution in [2.24, 2.45) is 5.73 Å². The number of hydrogen-bond donors (Lipinski definition) is 1. The Balaban J connectivity index is 1.99. The minimum absolute atomic E-state index is 0.0720. The average molecular weight is 285 g/mol. The van der Waals surface area contributed by atoms with E-state index >= 15 is 0 Å². The van der Waals surface area contributed by atoms with Crippen LogP contribution in [0.15, 0.2) is 30.3 Å². The summed E-state index contributed by atoms with van der Waals surface area (Å²) in [7, 11) is 0. The number of fused-ring (bicyclic) bond motifs is 1. The number of benzene rings is 2. The highest BCUT2D eigenvalue weighted by molar-refractivity contribution is 5.42. The van der Waals surface area contributed by atoms with Crippen LogP contribution in [-0.4, -0.2) is 0 Å². The van der Waals surface area contributed by atoms with E-state index in [0.29, 0.717) is 12.2 Å². The van der Waals surface area contributed by atoms with Gasteiger partial charge in [-0.2, -0.15) is 0 Å². The van der Waals surface area contributed by atoms with E-state index in [1.165, 1.54) is 34.4 Å². The Hall–Kier alpha value is -1.87. The fourth-order valence-electron chi connectivity index (χ4n) is 3.00. The van der Waals surface area contributed by atoms with Crippen molar-refractivity contribution < 1.29 is 9.13 Å². The molecule has 0 saturated carbocycles. The minimum atomic E-state index is -0.270. The van der Waals surface area contributed by atoms with Gasteiger partial charge in [0.05, 0.1) is 0 Å². The number of aryl methyl sites for hydroxylation is 3. The molecular weight excluding hydrogens is 265 g/mol. The summed E-state index contributed by atoms with van der Waals surface area (Å²) in [4.78, 5) is 0. The Morgan fingerprint density at radius 1 is 1.00 bits per heavy atom. The summed E-state index contributed by atoms with van der Waals surface area (Å²) < 4.78 is 19.4. The summed E-state index contributed by atoms with van der Waals surface area (Å²) in [6, 6.07) is 8.73. The second kappa shape index (κ2) is 5.15. The smallest absolute Gasteiger partial charge is 0.126 e. The molecule has 0 aromatic heterocycles. The molecule has 0 bridgehead atoms. The van der Waals surface area contributed by atoms with Gasteiger partial charge in [-0.15, -0.1) is 0 Å². The van der Waals surface area contributed by atoms with Crippen molar-refractivity contribution in [3.05, 3.63) is 64.0 Å². The summed E-state index contributed by atoms with van der Waals surface area (Å²) in [6.45, 7) is 6.30. The quantitative estimate of drug-likeness (QED) is 0.849. The van der Waals surface area contributed by atoms with Crippen LogP contribution in [-0.2, 0) is 0 Å². The number of nitrogens with two attached hydrogens (primary N) is 1. The Morgan fingerprint density at radius 2 is 1.71 bits per heavy atom. The van der Waals surface area contributed by atoms with Crippen molar-refractivity contribution >= 4 is 0 Å². The molecule has 2 aromatic carbocycles. The molecule has 1 heterocycles. The van der Waals surface area contributed by atoms with Crippen LogP contribution in [0.25, 0.3) is 0 Å². The SMILES string of the molecule is Cc1cc(C)c(C2C[C@H](N)c3cc(F)ccc3O2)cc1C. The van der Waals surface area contributed by atoms with E-state index in [1.807, 2.05) is 0 Å². The van der Waals surface area contributed by atoms with Crippen LogP contribution in [0.5, 0.6) is 5.75 Å². The number of rotatable bonds is 1.